The standard InChI is InChI=1S/C26H32N2O2/c29-25-26(13-6-7-14-26)20-22(30-25)12-15-27-16-18-28(19-17-27)24-11-5-4-10-23(24)21-8-2-1-3-9-21/h1-5,8-11,22H,6-7,12-20H2. The van der Waals surface area contributed by atoms with E-state index in [0.29, 0.717) is 0 Å². The summed E-state index contributed by atoms with van der Waals surface area (Å²) in [6.45, 7) is 5.24. The fourth-order valence-corrected chi connectivity index (χ4v) is 5.61. The molecule has 0 N–H and O–H groups in total. The lowest BCUT2D eigenvalue weighted by molar-refractivity contribution is -0.148. The summed E-state index contributed by atoms with van der Waals surface area (Å²) in [4.78, 5) is 17.4. The highest BCUT2D eigenvalue weighted by molar-refractivity contribution is 5.79. The van der Waals surface area contributed by atoms with Crippen molar-refractivity contribution in [1.29, 1.82) is 0 Å². The molecule has 1 unspecified atom stereocenters. The van der Waals surface area contributed by atoms with Gasteiger partial charge in [-0.1, -0.05) is 61.4 Å². The summed E-state index contributed by atoms with van der Waals surface area (Å²) in [5, 5.41) is 0. The van der Waals surface area contributed by atoms with Crippen LogP contribution in [-0.4, -0.2) is 49.7 Å². The van der Waals surface area contributed by atoms with Crippen molar-refractivity contribution in [3.63, 3.8) is 0 Å². The monoisotopic (exact) mass is 404 g/mol. The molecule has 0 amide bonds. The van der Waals surface area contributed by atoms with Crippen LogP contribution in [0.1, 0.15) is 38.5 Å². The molecule has 0 bridgehead atoms. The molecule has 1 saturated carbocycles. The Labute approximate surface area is 179 Å². The molecular weight excluding hydrogens is 372 g/mol. The highest BCUT2D eigenvalue weighted by Crippen LogP contribution is 2.48. The second kappa shape index (κ2) is 8.43. The van der Waals surface area contributed by atoms with Crippen LogP contribution in [0.15, 0.2) is 54.6 Å². The third kappa shape index (κ3) is 3.85. The van der Waals surface area contributed by atoms with Crippen molar-refractivity contribution in [2.45, 2.75) is 44.6 Å². The first-order valence-corrected chi connectivity index (χ1v) is 11.6. The van der Waals surface area contributed by atoms with E-state index in [9.17, 15) is 4.79 Å². The molecule has 0 radical (unpaired) electrons. The normalized spacial score (nSPS) is 23.8. The quantitative estimate of drug-likeness (QED) is 0.674. The van der Waals surface area contributed by atoms with E-state index in [4.69, 9.17) is 4.74 Å². The molecule has 5 rings (SSSR count). The van der Waals surface area contributed by atoms with Crippen molar-refractivity contribution < 1.29 is 9.53 Å². The zero-order chi connectivity index (χ0) is 20.4. The van der Waals surface area contributed by atoms with E-state index < -0.39 is 0 Å². The zero-order valence-corrected chi connectivity index (χ0v) is 17.8. The Balaban J connectivity index is 1.16. The van der Waals surface area contributed by atoms with Gasteiger partial charge < -0.3 is 9.64 Å². The number of esters is 1. The molecule has 0 aromatic heterocycles. The molecule has 1 atom stereocenters. The lowest BCUT2D eigenvalue weighted by atomic mass is 9.83. The summed E-state index contributed by atoms with van der Waals surface area (Å²) in [6.07, 6.45) is 6.53. The number of hydrogen-bond donors (Lipinski definition) is 0. The topological polar surface area (TPSA) is 32.8 Å². The molecule has 2 heterocycles. The molecule has 4 nitrogen and oxygen atoms in total. The molecule has 158 valence electrons. The van der Waals surface area contributed by atoms with Crippen molar-refractivity contribution in [3.8, 4) is 11.1 Å². The van der Waals surface area contributed by atoms with E-state index in [1.165, 1.54) is 29.7 Å². The van der Waals surface area contributed by atoms with E-state index in [-0.39, 0.29) is 17.5 Å². The first kappa shape index (κ1) is 19.6. The Bertz CT molecular complexity index is 868. The molecule has 3 fully saturated rings. The molecular formula is C26H32N2O2. The van der Waals surface area contributed by atoms with Crippen LogP contribution in [0.5, 0.6) is 0 Å². The molecule has 1 spiro atoms. The summed E-state index contributed by atoms with van der Waals surface area (Å²) < 4.78 is 5.77. The van der Waals surface area contributed by atoms with Gasteiger partial charge >= 0.3 is 5.97 Å². The minimum absolute atomic E-state index is 0.0901. The van der Waals surface area contributed by atoms with Gasteiger partial charge in [-0.3, -0.25) is 9.69 Å². The number of ether oxygens (including phenoxy) is 1. The van der Waals surface area contributed by atoms with Gasteiger partial charge in [-0.2, -0.15) is 0 Å². The molecule has 2 aromatic carbocycles. The van der Waals surface area contributed by atoms with Gasteiger partial charge in [-0.05, 0) is 30.9 Å². The van der Waals surface area contributed by atoms with E-state index in [0.717, 1.165) is 58.4 Å². The SMILES string of the molecule is O=C1OC(CCN2CCN(c3ccccc3-c3ccccc3)CC2)CC12CCCC2. The van der Waals surface area contributed by atoms with Gasteiger partial charge in [-0.15, -0.1) is 0 Å². The van der Waals surface area contributed by atoms with E-state index >= 15 is 0 Å². The molecule has 30 heavy (non-hydrogen) atoms. The lowest BCUT2D eigenvalue weighted by Crippen LogP contribution is -2.47. The first-order chi connectivity index (χ1) is 14.7. The van der Waals surface area contributed by atoms with Crippen molar-refractivity contribution in [2.24, 2.45) is 5.41 Å². The minimum Gasteiger partial charge on any atom is -0.462 e. The summed E-state index contributed by atoms with van der Waals surface area (Å²) in [5.41, 5.74) is 3.80. The largest absolute Gasteiger partial charge is 0.462 e. The highest BCUT2D eigenvalue weighted by atomic mass is 16.6. The maximum absolute atomic E-state index is 12.4. The predicted octanol–water partition coefficient (Wildman–Crippen LogP) is 4.74. The second-order valence-electron chi connectivity index (χ2n) is 9.22. The third-order valence-electron chi connectivity index (χ3n) is 7.35. The van der Waals surface area contributed by atoms with Crippen LogP contribution < -0.4 is 4.90 Å². The fraction of sp³-hybridized carbons (Fsp3) is 0.500. The molecule has 3 aliphatic rings. The van der Waals surface area contributed by atoms with Crippen molar-refractivity contribution in [2.75, 3.05) is 37.6 Å². The molecule has 2 aliphatic heterocycles. The van der Waals surface area contributed by atoms with Crippen molar-refractivity contribution in [1.82, 2.24) is 4.90 Å². The van der Waals surface area contributed by atoms with Crippen LogP contribution in [-0.2, 0) is 9.53 Å². The summed E-state index contributed by atoms with van der Waals surface area (Å²) in [7, 11) is 0. The summed E-state index contributed by atoms with van der Waals surface area (Å²) >= 11 is 0. The van der Waals surface area contributed by atoms with Crippen molar-refractivity contribution in [3.05, 3.63) is 54.6 Å². The number of rotatable bonds is 5. The van der Waals surface area contributed by atoms with E-state index in [2.05, 4.69) is 64.4 Å². The van der Waals surface area contributed by atoms with Gasteiger partial charge in [0.1, 0.15) is 6.10 Å². The fourth-order valence-electron chi connectivity index (χ4n) is 5.61. The third-order valence-corrected chi connectivity index (χ3v) is 7.35. The highest BCUT2D eigenvalue weighted by Gasteiger charge is 2.50. The van der Waals surface area contributed by atoms with Crippen LogP contribution >= 0.6 is 0 Å². The van der Waals surface area contributed by atoms with Gasteiger partial charge in [-0.25, -0.2) is 0 Å². The van der Waals surface area contributed by atoms with Crippen LogP contribution in [0.4, 0.5) is 5.69 Å². The lowest BCUT2D eigenvalue weighted by Gasteiger charge is -2.37. The van der Waals surface area contributed by atoms with Crippen LogP contribution in [0.25, 0.3) is 11.1 Å². The Kier molecular flexibility index (Phi) is 5.51. The maximum atomic E-state index is 12.4. The summed E-state index contributed by atoms with van der Waals surface area (Å²) in [6, 6.07) is 19.4. The van der Waals surface area contributed by atoms with E-state index in [1.54, 1.807) is 0 Å². The number of nitrogens with zero attached hydrogens (tertiary/aromatic N) is 2. The Morgan fingerprint density at radius 1 is 0.900 bits per heavy atom. The number of carbonyl (C=O) groups is 1. The zero-order valence-electron chi connectivity index (χ0n) is 17.8. The van der Waals surface area contributed by atoms with Crippen LogP contribution in [0.2, 0.25) is 0 Å². The Hall–Kier alpha value is -2.33. The minimum atomic E-state index is -0.121. The van der Waals surface area contributed by atoms with Gasteiger partial charge in [0.05, 0.1) is 5.41 Å². The van der Waals surface area contributed by atoms with Gasteiger partial charge in [0.15, 0.2) is 0 Å². The van der Waals surface area contributed by atoms with E-state index in [1.807, 2.05) is 0 Å². The number of piperazine rings is 1. The number of anilines is 1. The molecule has 2 saturated heterocycles. The van der Waals surface area contributed by atoms with Gasteiger partial charge in [0.25, 0.3) is 0 Å². The van der Waals surface area contributed by atoms with Gasteiger partial charge in [0, 0.05) is 50.4 Å². The number of cyclic esters (lactones) is 1. The Morgan fingerprint density at radius 3 is 2.37 bits per heavy atom. The van der Waals surface area contributed by atoms with Crippen molar-refractivity contribution >= 4 is 11.7 Å². The molecule has 4 heteroatoms. The van der Waals surface area contributed by atoms with Crippen LogP contribution in [0, 0.1) is 5.41 Å². The Morgan fingerprint density at radius 2 is 1.60 bits per heavy atom. The number of carbonyl (C=O) groups excluding carboxylic acids is 1. The number of benzene rings is 2. The number of hydrogen-bond acceptors (Lipinski definition) is 4. The second-order valence-corrected chi connectivity index (χ2v) is 9.22. The molecule has 1 aliphatic carbocycles. The smallest absolute Gasteiger partial charge is 0.312 e. The maximum Gasteiger partial charge on any atom is 0.312 e. The summed E-state index contributed by atoms with van der Waals surface area (Å²) in [5.74, 6) is 0.0901. The molecule has 2 aromatic rings. The number of para-hydroxylation sites is 1. The van der Waals surface area contributed by atoms with Crippen LogP contribution in [0.3, 0.4) is 0 Å². The average molecular weight is 405 g/mol. The van der Waals surface area contributed by atoms with Gasteiger partial charge in [0.2, 0.25) is 0 Å². The average Bonchev–Trinajstić information content (AvgIpc) is 3.40. The predicted molar refractivity (Wildman–Crippen MR) is 121 cm³/mol. The first-order valence-electron chi connectivity index (χ1n) is 11.6.